The van der Waals surface area contributed by atoms with Gasteiger partial charge in [0, 0.05) is 0 Å². The van der Waals surface area contributed by atoms with Gasteiger partial charge in [0.2, 0.25) is 0 Å². The molecule has 0 aromatic heterocycles. The molecule has 3 N–H and O–H groups in total. The fourth-order valence-electron chi connectivity index (χ4n) is 2.54. The van der Waals surface area contributed by atoms with Crippen molar-refractivity contribution in [3.8, 4) is 0 Å². The van der Waals surface area contributed by atoms with Crippen molar-refractivity contribution < 1.29 is 0 Å². The Morgan fingerprint density at radius 2 is 1.32 bits per heavy atom. The summed E-state index contributed by atoms with van der Waals surface area (Å²) < 4.78 is 0. The lowest BCUT2D eigenvalue weighted by atomic mass is 10.0. The highest BCUT2D eigenvalue weighted by Gasteiger charge is 2.21. The molecular weight excluding hydrogens is 258 g/mol. The van der Waals surface area contributed by atoms with Crippen molar-refractivity contribution in [1.82, 2.24) is 0 Å². The predicted molar refractivity (Wildman–Crippen MR) is 81.6 cm³/mol. The van der Waals surface area contributed by atoms with Crippen LogP contribution in [0.1, 0.15) is 11.1 Å². The van der Waals surface area contributed by atoms with Crippen LogP contribution in [0, 0.1) is 5.41 Å². The first-order valence-electron chi connectivity index (χ1n) is 6.07. The highest BCUT2D eigenvalue weighted by atomic mass is 35.5. The second-order valence-corrected chi connectivity index (χ2v) is 4.48. The number of nitrogens with two attached hydrogens (primary N) is 1. The Balaban J connectivity index is 0.00000133. The molecule has 0 bridgehead atoms. The SMILES string of the molecule is Cl.N=C(N)N1c2ccccc2CCc2ccccc21. The first kappa shape index (κ1) is 13.4. The molecule has 2 aromatic rings. The number of nitrogens with zero attached hydrogens (tertiary/aromatic N) is 1. The van der Waals surface area contributed by atoms with Crippen LogP contribution in [0.3, 0.4) is 0 Å². The van der Waals surface area contributed by atoms with E-state index >= 15 is 0 Å². The zero-order valence-electron chi connectivity index (χ0n) is 10.5. The molecule has 0 saturated carbocycles. The number of para-hydroxylation sites is 2. The highest BCUT2D eigenvalue weighted by molar-refractivity contribution is 6.01. The minimum Gasteiger partial charge on any atom is -0.369 e. The topological polar surface area (TPSA) is 53.1 Å². The summed E-state index contributed by atoms with van der Waals surface area (Å²) in [5.74, 6) is 0.0665. The van der Waals surface area contributed by atoms with E-state index in [9.17, 15) is 0 Å². The number of halogens is 1. The van der Waals surface area contributed by atoms with Gasteiger partial charge in [-0.25, -0.2) is 0 Å². The maximum absolute atomic E-state index is 7.85. The molecule has 4 heteroatoms. The van der Waals surface area contributed by atoms with Gasteiger partial charge in [-0.1, -0.05) is 36.4 Å². The first-order valence-corrected chi connectivity index (χ1v) is 6.07. The normalized spacial score (nSPS) is 12.7. The molecule has 1 aliphatic heterocycles. The van der Waals surface area contributed by atoms with Crippen molar-refractivity contribution in [3.63, 3.8) is 0 Å². The molecule has 0 unspecified atom stereocenters. The molecular formula is C15H16ClN3. The zero-order chi connectivity index (χ0) is 12.5. The molecule has 19 heavy (non-hydrogen) atoms. The second kappa shape index (κ2) is 5.33. The van der Waals surface area contributed by atoms with Gasteiger partial charge in [0.05, 0.1) is 11.4 Å². The Bertz CT molecular complexity index is 562. The Hall–Kier alpha value is -2.00. The quantitative estimate of drug-likeness (QED) is 0.572. The maximum atomic E-state index is 7.85. The molecule has 98 valence electrons. The van der Waals surface area contributed by atoms with Crippen LogP contribution in [-0.2, 0) is 12.8 Å². The van der Waals surface area contributed by atoms with E-state index in [1.54, 1.807) is 0 Å². The van der Waals surface area contributed by atoms with Crippen molar-refractivity contribution in [2.24, 2.45) is 5.73 Å². The van der Waals surface area contributed by atoms with E-state index in [0.717, 1.165) is 24.2 Å². The Kier molecular flexibility index (Phi) is 3.76. The fourth-order valence-corrected chi connectivity index (χ4v) is 2.54. The van der Waals surface area contributed by atoms with E-state index in [2.05, 4.69) is 12.1 Å². The van der Waals surface area contributed by atoms with Gasteiger partial charge in [0.15, 0.2) is 5.96 Å². The van der Waals surface area contributed by atoms with Crippen LogP contribution < -0.4 is 10.6 Å². The summed E-state index contributed by atoms with van der Waals surface area (Å²) in [6, 6.07) is 16.3. The highest BCUT2D eigenvalue weighted by Crippen LogP contribution is 2.35. The zero-order valence-corrected chi connectivity index (χ0v) is 11.3. The summed E-state index contributed by atoms with van der Waals surface area (Å²) in [6.45, 7) is 0. The molecule has 1 heterocycles. The van der Waals surface area contributed by atoms with Crippen LogP contribution in [0.2, 0.25) is 0 Å². The largest absolute Gasteiger partial charge is 0.369 e. The molecule has 3 nitrogen and oxygen atoms in total. The number of fused-ring (bicyclic) bond motifs is 2. The van der Waals surface area contributed by atoms with Crippen molar-refractivity contribution in [1.29, 1.82) is 5.41 Å². The van der Waals surface area contributed by atoms with Gasteiger partial charge in [0.25, 0.3) is 0 Å². The number of anilines is 2. The Labute approximate surface area is 119 Å². The lowest BCUT2D eigenvalue weighted by Crippen LogP contribution is -2.32. The Morgan fingerprint density at radius 3 is 1.74 bits per heavy atom. The number of guanidine groups is 1. The van der Waals surface area contributed by atoms with E-state index in [-0.39, 0.29) is 18.4 Å². The maximum Gasteiger partial charge on any atom is 0.197 e. The van der Waals surface area contributed by atoms with Gasteiger partial charge in [-0.15, -0.1) is 12.4 Å². The second-order valence-electron chi connectivity index (χ2n) is 4.48. The van der Waals surface area contributed by atoms with Gasteiger partial charge in [-0.05, 0) is 36.1 Å². The van der Waals surface area contributed by atoms with Gasteiger partial charge in [-0.2, -0.15) is 0 Å². The number of aryl methyl sites for hydroxylation is 2. The average Bonchev–Trinajstić information content (AvgIpc) is 2.55. The van der Waals surface area contributed by atoms with E-state index in [1.165, 1.54) is 11.1 Å². The third-order valence-corrected chi connectivity index (χ3v) is 3.37. The molecule has 0 atom stereocenters. The number of rotatable bonds is 0. The Morgan fingerprint density at radius 1 is 0.895 bits per heavy atom. The first-order chi connectivity index (χ1) is 8.77. The minimum absolute atomic E-state index is 0. The lowest BCUT2D eigenvalue weighted by Gasteiger charge is -2.24. The monoisotopic (exact) mass is 273 g/mol. The summed E-state index contributed by atoms with van der Waals surface area (Å²) >= 11 is 0. The van der Waals surface area contributed by atoms with E-state index in [1.807, 2.05) is 41.3 Å². The standard InChI is InChI=1S/C15H15N3.ClH/c16-15(17)18-13-7-3-1-5-11(13)9-10-12-6-2-4-8-14(12)18;/h1-8H,9-10H2,(H3,16,17);1H. The third kappa shape index (κ3) is 2.29. The van der Waals surface area contributed by atoms with Gasteiger partial charge >= 0.3 is 0 Å². The van der Waals surface area contributed by atoms with E-state index in [0.29, 0.717) is 0 Å². The number of benzene rings is 2. The summed E-state index contributed by atoms with van der Waals surface area (Å²) in [7, 11) is 0. The summed E-state index contributed by atoms with van der Waals surface area (Å²) in [4.78, 5) is 1.83. The summed E-state index contributed by atoms with van der Waals surface area (Å²) in [5, 5.41) is 7.85. The summed E-state index contributed by atoms with van der Waals surface area (Å²) in [5.41, 5.74) is 10.3. The predicted octanol–water partition coefficient (Wildman–Crippen LogP) is 3.24. The number of hydrogen-bond acceptors (Lipinski definition) is 1. The molecule has 0 amide bonds. The van der Waals surface area contributed by atoms with E-state index < -0.39 is 0 Å². The van der Waals surface area contributed by atoms with Crippen LogP contribution in [0.25, 0.3) is 0 Å². The van der Waals surface area contributed by atoms with Crippen LogP contribution >= 0.6 is 12.4 Å². The number of nitrogens with one attached hydrogen (secondary N) is 1. The lowest BCUT2D eigenvalue weighted by molar-refractivity contribution is 0.977. The van der Waals surface area contributed by atoms with Crippen LogP contribution in [0.5, 0.6) is 0 Å². The van der Waals surface area contributed by atoms with E-state index in [4.69, 9.17) is 11.1 Å². The fraction of sp³-hybridized carbons (Fsp3) is 0.133. The van der Waals surface area contributed by atoms with Crippen LogP contribution in [-0.4, -0.2) is 5.96 Å². The van der Waals surface area contributed by atoms with Crippen LogP contribution in [0.4, 0.5) is 11.4 Å². The third-order valence-electron chi connectivity index (χ3n) is 3.37. The van der Waals surface area contributed by atoms with Gasteiger partial charge in [-0.3, -0.25) is 10.3 Å². The van der Waals surface area contributed by atoms with Crippen molar-refractivity contribution in [2.45, 2.75) is 12.8 Å². The molecule has 3 rings (SSSR count). The smallest absolute Gasteiger partial charge is 0.197 e. The van der Waals surface area contributed by atoms with Crippen molar-refractivity contribution in [2.75, 3.05) is 4.90 Å². The van der Waals surface area contributed by atoms with Crippen LogP contribution in [0.15, 0.2) is 48.5 Å². The molecule has 2 aromatic carbocycles. The minimum atomic E-state index is 0. The molecule has 1 aliphatic rings. The van der Waals surface area contributed by atoms with Crippen molar-refractivity contribution in [3.05, 3.63) is 59.7 Å². The van der Waals surface area contributed by atoms with Gasteiger partial charge < -0.3 is 5.73 Å². The average molecular weight is 274 g/mol. The molecule has 0 aliphatic carbocycles. The molecule has 0 radical (unpaired) electrons. The van der Waals surface area contributed by atoms with Gasteiger partial charge in [0.1, 0.15) is 0 Å². The van der Waals surface area contributed by atoms with Crippen molar-refractivity contribution >= 4 is 29.7 Å². The molecule has 0 spiro atoms. The summed E-state index contributed by atoms with van der Waals surface area (Å²) in [6.07, 6.45) is 1.97. The number of hydrogen-bond donors (Lipinski definition) is 2. The molecule has 0 saturated heterocycles. The molecule has 0 fully saturated rings.